The maximum absolute atomic E-state index is 12.5. The molecule has 1 aliphatic rings. The molecule has 1 aromatic carbocycles. The van der Waals surface area contributed by atoms with Crippen LogP contribution in [0.1, 0.15) is 32.3 Å². The monoisotopic (exact) mass is 306 g/mol. The normalized spacial score (nSPS) is 20.3. The summed E-state index contributed by atoms with van der Waals surface area (Å²) >= 11 is 0. The number of ether oxygens (including phenoxy) is 2. The first kappa shape index (κ1) is 16.6. The number of piperidine rings is 1. The van der Waals surface area contributed by atoms with Crippen molar-refractivity contribution in [3.63, 3.8) is 0 Å². The van der Waals surface area contributed by atoms with Gasteiger partial charge in [0, 0.05) is 18.2 Å². The van der Waals surface area contributed by atoms with Crippen LogP contribution in [0.3, 0.4) is 0 Å². The van der Waals surface area contributed by atoms with Crippen LogP contribution in [0.5, 0.6) is 11.5 Å². The number of amides is 1. The van der Waals surface area contributed by atoms with Gasteiger partial charge >= 0.3 is 0 Å². The predicted octanol–water partition coefficient (Wildman–Crippen LogP) is 2.10. The topological polar surface area (TPSA) is 59.6 Å². The lowest BCUT2D eigenvalue weighted by atomic mass is 9.77. The van der Waals surface area contributed by atoms with Crippen molar-refractivity contribution in [1.82, 2.24) is 10.6 Å². The van der Waals surface area contributed by atoms with Gasteiger partial charge in [-0.15, -0.1) is 0 Å². The molecular formula is C17H26N2O3. The van der Waals surface area contributed by atoms with Gasteiger partial charge in [0.15, 0.2) is 0 Å². The zero-order valence-electron chi connectivity index (χ0n) is 13.9. The van der Waals surface area contributed by atoms with Gasteiger partial charge in [0.2, 0.25) is 5.91 Å². The average Bonchev–Trinajstić information content (AvgIpc) is 2.52. The highest BCUT2D eigenvalue weighted by atomic mass is 16.5. The Morgan fingerprint density at radius 3 is 2.77 bits per heavy atom. The van der Waals surface area contributed by atoms with Gasteiger partial charge in [-0.2, -0.15) is 0 Å². The fourth-order valence-corrected chi connectivity index (χ4v) is 2.94. The molecule has 1 aromatic rings. The van der Waals surface area contributed by atoms with Gasteiger partial charge in [0.25, 0.3) is 0 Å². The molecule has 0 radical (unpaired) electrons. The third-order valence-electron chi connectivity index (χ3n) is 4.34. The highest BCUT2D eigenvalue weighted by Crippen LogP contribution is 2.30. The van der Waals surface area contributed by atoms with E-state index in [0.717, 1.165) is 36.4 Å². The molecule has 0 spiro atoms. The zero-order chi connectivity index (χ0) is 16.2. The van der Waals surface area contributed by atoms with E-state index in [9.17, 15) is 4.79 Å². The Bertz CT molecular complexity index is 529. The minimum atomic E-state index is -0.148. The van der Waals surface area contributed by atoms with Gasteiger partial charge < -0.3 is 20.1 Å². The number of nitrogens with one attached hydrogen (secondary N) is 2. The van der Waals surface area contributed by atoms with E-state index in [1.807, 2.05) is 18.2 Å². The van der Waals surface area contributed by atoms with Crippen molar-refractivity contribution in [3.05, 3.63) is 23.8 Å². The summed E-state index contributed by atoms with van der Waals surface area (Å²) in [5.41, 5.74) is 0.914. The molecule has 2 rings (SSSR count). The highest BCUT2D eigenvalue weighted by Gasteiger charge is 2.36. The van der Waals surface area contributed by atoms with Crippen molar-refractivity contribution in [1.29, 1.82) is 0 Å². The van der Waals surface area contributed by atoms with Crippen molar-refractivity contribution >= 4 is 5.91 Å². The van der Waals surface area contributed by atoms with E-state index >= 15 is 0 Å². The largest absolute Gasteiger partial charge is 0.497 e. The van der Waals surface area contributed by atoms with Crippen molar-refractivity contribution in [2.24, 2.45) is 5.41 Å². The number of carbonyl (C=O) groups is 1. The average molecular weight is 306 g/mol. The summed E-state index contributed by atoms with van der Waals surface area (Å²) in [6, 6.07) is 5.46. The van der Waals surface area contributed by atoms with Crippen LogP contribution in [0.2, 0.25) is 0 Å². The molecule has 1 saturated heterocycles. The molecule has 5 nitrogen and oxygen atoms in total. The molecule has 1 fully saturated rings. The van der Waals surface area contributed by atoms with Crippen LogP contribution < -0.4 is 20.1 Å². The molecule has 1 aliphatic heterocycles. The first-order valence-electron chi connectivity index (χ1n) is 7.70. The van der Waals surface area contributed by atoms with Gasteiger partial charge in [-0.3, -0.25) is 4.79 Å². The van der Waals surface area contributed by atoms with E-state index in [0.29, 0.717) is 6.54 Å². The second-order valence-electron chi connectivity index (χ2n) is 6.37. The number of hydrogen-bond acceptors (Lipinski definition) is 4. The van der Waals surface area contributed by atoms with Gasteiger partial charge in [0.05, 0.1) is 20.3 Å². The fourth-order valence-electron chi connectivity index (χ4n) is 2.94. The lowest BCUT2D eigenvalue weighted by Crippen LogP contribution is -2.55. The smallest absolute Gasteiger partial charge is 0.237 e. The molecule has 122 valence electrons. The van der Waals surface area contributed by atoms with E-state index in [1.165, 1.54) is 0 Å². The molecule has 1 unspecified atom stereocenters. The van der Waals surface area contributed by atoms with Crippen molar-refractivity contribution in [2.75, 3.05) is 20.8 Å². The van der Waals surface area contributed by atoms with Crippen LogP contribution in [-0.4, -0.2) is 32.7 Å². The second-order valence-corrected chi connectivity index (χ2v) is 6.37. The summed E-state index contributed by atoms with van der Waals surface area (Å²) in [6.45, 7) is 5.61. The molecule has 0 saturated carbocycles. The van der Waals surface area contributed by atoms with Gasteiger partial charge in [-0.1, -0.05) is 13.8 Å². The van der Waals surface area contributed by atoms with Crippen molar-refractivity contribution < 1.29 is 14.3 Å². The number of rotatable bonds is 5. The van der Waals surface area contributed by atoms with E-state index in [4.69, 9.17) is 9.47 Å². The number of hydrogen-bond donors (Lipinski definition) is 2. The third kappa shape index (κ3) is 3.71. The van der Waals surface area contributed by atoms with Crippen LogP contribution in [-0.2, 0) is 11.3 Å². The molecule has 22 heavy (non-hydrogen) atoms. The van der Waals surface area contributed by atoms with Crippen LogP contribution in [0.4, 0.5) is 0 Å². The number of carbonyl (C=O) groups excluding carboxylic acids is 1. The first-order valence-corrected chi connectivity index (χ1v) is 7.70. The summed E-state index contributed by atoms with van der Waals surface area (Å²) in [6.07, 6.45) is 2.17. The van der Waals surface area contributed by atoms with E-state index < -0.39 is 0 Å². The van der Waals surface area contributed by atoms with Gasteiger partial charge in [-0.05, 0) is 36.9 Å². The van der Waals surface area contributed by atoms with E-state index in [2.05, 4.69) is 24.5 Å². The summed E-state index contributed by atoms with van der Waals surface area (Å²) < 4.78 is 10.5. The lowest BCUT2D eigenvalue weighted by Gasteiger charge is -2.38. The molecule has 1 atom stereocenters. The standard InChI is InChI=1S/C17H26N2O3/c1-17(2)8-5-9-18-15(17)16(20)19-11-12-6-7-13(21-3)10-14(12)22-4/h6-7,10,15,18H,5,8-9,11H2,1-4H3,(H,19,20). The Kier molecular flexibility index (Phi) is 5.29. The van der Waals surface area contributed by atoms with Crippen LogP contribution >= 0.6 is 0 Å². The minimum Gasteiger partial charge on any atom is -0.497 e. The molecular weight excluding hydrogens is 280 g/mol. The number of benzene rings is 1. The minimum absolute atomic E-state index is 0.0215. The van der Waals surface area contributed by atoms with E-state index in [-0.39, 0.29) is 17.4 Å². The maximum Gasteiger partial charge on any atom is 0.237 e. The maximum atomic E-state index is 12.5. The SMILES string of the molecule is COc1ccc(CNC(=O)C2NCCCC2(C)C)c(OC)c1. The van der Waals surface area contributed by atoms with Crippen LogP contribution in [0.15, 0.2) is 18.2 Å². The van der Waals surface area contributed by atoms with Crippen molar-refractivity contribution in [3.8, 4) is 11.5 Å². The third-order valence-corrected chi connectivity index (χ3v) is 4.34. The molecule has 0 bridgehead atoms. The summed E-state index contributed by atoms with van der Waals surface area (Å²) in [4.78, 5) is 12.5. The van der Waals surface area contributed by atoms with Gasteiger partial charge in [0.1, 0.15) is 11.5 Å². The van der Waals surface area contributed by atoms with E-state index in [1.54, 1.807) is 14.2 Å². The predicted molar refractivity (Wildman–Crippen MR) is 86.2 cm³/mol. The number of methoxy groups -OCH3 is 2. The quantitative estimate of drug-likeness (QED) is 0.874. The van der Waals surface area contributed by atoms with Gasteiger partial charge in [-0.25, -0.2) is 0 Å². The Hall–Kier alpha value is -1.75. The Labute approximate surface area is 132 Å². The molecule has 1 heterocycles. The van der Waals surface area contributed by atoms with Crippen LogP contribution in [0.25, 0.3) is 0 Å². The summed E-state index contributed by atoms with van der Waals surface area (Å²) in [7, 11) is 3.24. The fraction of sp³-hybridized carbons (Fsp3) is 0.588. The Morgan fingerprint density at radius 1 is 1.36 bits per heavy atom. The first-order chi connectivity index (χ1) is 10.5. The molecule has 0 aromatic heterocycles. The Balaban J connectivity index is 2.02. The summed E-state index contributed by atoms with van der Waals surface area (Å²) in [5, 5.41) is 6.34. The second kappa shape index (κ2) is 7.01. The van der Waals surface area contributed by atoms with Crippen molar-refractivity contribution in [2.45, 2.75) is 39.3 Å². The molecule has 2 N–H and O–H groups in total. The summed E-state index contributed by atoms with van der Waals surface area (Å²) in [5.74, 6) is 1.50. The zero-order valence-corrected chi connectivity index (χ0v) is 13.9. The lowest BCUT2D eigenvalue weighted by molar-refractivity contribution is -0.126. The molecule has 1 amide bonds. The molecule has 5 heteroatoms. The van der Waals surface area contributed by atoms with Crippen LogP contribution in [0, 0.1) is 5.41 Å². The Morgan fingerprint density at radius 2 is 2.14 bits per heavy atom. The molecule has 0 aliphatic carbocycles. The highest BCUT2D eigenvalue weighted by molar-refractivity contribution is 5.82.